The maximum absolute atomic E-state index is 13.8. The third kappa shape index (κ3) is 5.56. The molecule has 0 unspecified atom stereocenters. The number of carbonyl (C=O) groups is 1. The molecular weight excluding hydrogens is 521 g/mol. The third-order valence-electron chi connectivity index (χ3n) is 6.81. The molecule has 0 spiro atoms. The number of ether oxygens (including phenoxy) is 1. The van der Waals surface area contributed by atoms with Crippen LogP contribution in [0, 0.1) is 11.3 Å². The molecule has 1 saturated carbocycles. The molecule has 2 aromatic carbocycles. The van der Waals surface area contributed by atoms with E-state index >= 15 is 0 Å². The molecule has 4 atom stereocenters. The molecule has 192 valence electrons. The molecule has 1 aliphatic heterocycles. The maximum Gasteiger partial charge on any atom is 0.253 e. The summed E-state index contributed by atoms with van der Waals surface area (Å²) < 4.78 is 33.5. The molecule has 2 aromatic rings. The molecular formula is C26H29Cl2N3O4S. The first-order valence-electron chi connectivity index (χ1n) is 12.0. The van der Waals surface area contributed by atoms with Crippen LogP contribution in [0.5, 0.6) is 0 Å². The first kappa shape index (κ1) is 26.9. The zero-order valence-corrected chi connectivity index (χ0v) is 22.5. The van der Waals surface area contributed by atoms with Gasteiger partial charge in [-0.3, -0.25) is 4.79 Å². The monoisotopic (exact) mass is 549 g/mol. The summed E-state index contributed by atoms with van der Waals surface area (Å²) in [5.74, 6) is -0.334. The highest BCUT2D eigenvalue weighted by atomic mass is 35.5. The Morgan fingerprint density at radius 1 is 1.14 bits per heavy atom. The molecule has 10 heteroatoms. The van der Waals surface area contributed by atoms with Crippen LogP contribution in [0.2, 0.25) is 10.0 Å². The molecule has 0 radical (unpaired) electrons. The van der Waals surface area contributed by atoms with E-state index in [4.69, 9.17) is 27.9 Å². The molecule has 1 aliphatic carbocycles. The number of hydrogen-bond acceptors (Lipinski definition) is 5. The van der Waals surface area contributed by atoms with Gasteiger partial charge in [-0.15, -0.1) is 0 Å². The van der Waals surface area contributed by atoms with E-state index in [2.05, 4.69) is 6.07 Å². The topological polar surface area (TPSA) is 90.7 Å². The van der Waals surface area contributed by atoms with Crippen LogP contribution in [0.4, 0.5) is 0 Å². The zero-order chi connectivity index (χ0) is 26.0. The first-order chi connectivity index (χ1) is 17.2. The lowest BCUT2D eigenvalue weighted by Gasteiger charge is -2.48. The average Bonchev–Trinajstić information content (AvgIpc) is 3.70. The number of amides is 1. The van der Waals surface area contributed by atoms with Crippen molar-refractivity contribution < 1.29 is 17.9 Å². The molecule has 1 saturated heterocycles. The van der Waals surface area contributed by atoms with Crippen LogP contribution in [-0.4, -0.2) is 54.5 Å². The maximum atomic E-state index is 13.8. The third-order valence-corrected chi connectivity index (χ3v) is 9.62. The van der Waals surface area contributed by atoms with Crippen LogP contribution in [-0.2, 0) is 19.6 Å². The highest BCUT2D eigenvalue weighted by Crippen LogP contribution is 2.45. The minimum absolute atomic E-state index is 0.119. The van der Waals surface area contributed by atoms with E-state index in [1.165, 1.54) is 4.31 Å². The fourth-order valence-corrected chi connectivity index (χ4v) is 6.70. The van der Waals surface area contributed by atoms with Gasteiger partial charge in [0.1, 0.15) is 12.2 Å². The van der Waals surface area contributed by atoms with Gasteiger partial charge in [0.05, 0.1) is 23.8 Å². The van der Waals surface area contributed by atoms with E-state index < -0.39 is 34.3 Å². The molecule has 0 bridgehead atoms. The van der Waals surface area contributed by atoms with Crippen LogP contribution in [0.25, 0.3) is 0 Å². The van der Waals surface area contributed by atoms with E-state index in [0.717, 1.165) is 11.1 Å². The number of nitriles is 1. The van der Waals surface area contributed by atoms with Crippen LogP contribution in [0.1, 0.15) is 55.9 Å². The Morgan fingerprint density at radius 2 is 1.83 bits per heavy atom. The van der Waals surface area contributed by atoms with Crippen molar-refractivity contribution in [2.45, 2.75) is 62.1 Å². The molecule has 0 aromatic heterocycles. The predicted octanol–water partition coefficient (Wildman–Crippen LogP) is 5.12. The van der Waals surface area contributed by atoms with Crippen LogP contribution in [0.15, 0.2) is 48.5 Å². The number of nitrogens with zero attached hydrogens (tertiary/aromatic N) is 3. The number of benzene rings is 2. The molecule has 1 heterocycles. The number of sulfonamides is 1. The first-order valence-corrected chi connectivity index (χ1v) is 14.2. The summed E-state index contributed by atoms with van der Waals surface area (Å²) in [6.07, 6.45) is 0.110. The quantitative estimate of drug-likeness (QED) is 0.433. The Hall–Kier alpha value is -2.15. The van der Waals surface area contributed by atoms with E-state index in [0.29, 0.717) is 29.3 Å². The Morgan fingerprint density at radius 3 is 2.42 bits per heavy atom. The minimum atomic E-state index is -3.43. The normalized spacial score (nSPS) is 23.5. The van der Waals surface area contributed by atoms with Crippen molar-refractivity contribution >= 4 is 39.1 Å². The summed E-state index contributed by atoms with van der Waals surface area (Å²) in [6.45, 7) is 2.07. The van der Waals surface area contributed by atoms with Crippen LogP contribution >= 0.6 is 23.2 Å². The lowest BCUT2D eigenvalue weighted by molar-refractivity contribution is -0.179. The number of carbonyl (C=O) groups excluding carboxylic acids is 1. The smallest absolute Gasteiger partial charge is 0.253 e. The average molecular weight is 551 g/mol. The molecule has 7 nitrogen and oxygen atoms in total. The fourth-order valence-electron chi connectivity index (χ4n) is 4.76. The molecule has 1 amide bonds. The molecule has 4 rings (SSSR count). The molecule has 0 N–H and O–H groups in total. The summed E-state index contributed by atoms with van der Waals surface area (Å²) in [5, 5.41) is 10.2. The van der Waals surface area contributed by atoms with E-state index in [9.17, 15) is 18.5 Å². The second-order valence-electron chi connectivity index (χ2n) is 9.29. The van der Waals surface area contributed by atoms with E-state index in [-0.39, 0.29) is 24.1 Å². The molecule has 2 aliphatic rings. The van der Waals surface area contributed by atoms with Gasteiger partial charge in [0.25, 0.3) is 5.91 Å². The number of rotatable bonds is 9. The summed E-state index contributed by atoms with van der Waals surface area (Å²) >= 11 is 12.5. The highest BCUT2D eigenvalue weighted by molar-refractivity contribution is 7.90. The molecule has 2 fully saturated rings. The lowest BCUT2D eigenvalue weighted by atomic mass is 9.89. The van der Waals surface area contributed by atoms with E-state index in [1.54, 1.807) is 36.2 Å². The number of halogens is 2. The fraction of sp³-hybridized carbons (Fsp3) is 0.462. The van der Waals surface area contributed by atoms with Crippen molar-refractivity contribution in [2.75, 3.05) is 13.6 Å². The van der Waals surface area contributed by atoms with Gasteiger partial charge in [0.2, 0.25) is 10.0 Å². The SMILES string of the molecule is CC[C@H](CN(C)S(=O)(=O)C1CC1)N1C(=O)[C@H](CC#N)O[C@H](c2cccc(Cl)c2)[C@H]1c1ccc(Cl)cc1. The second kappa shape index (κ2) is 11.1. The largest absolute Gasteiger partial charge is 0.357 e. The highest BCUT2D eigenvalue weighted by Gasteiger charge is 2.47. The van der Waals surface area contributed by atoms with Crippen molar-refractivity contribution in [1.82, 2.24) is 9.21 Å². The van der Waals surface area contributed by atoms with Gasteiger partial charge in [0.15, 0.2) is 0 Å². The van der Waals surface area contributed by atoms with Crippen molar-refractivity contribution in [1.29, 1.82) is 5.26 Å². The summed E-state index contributed by atoms with van der Waals surface area (Å²) in [5.41, 5.74) is 1.55. The summed E-state index contributed by atoms with van der Waals surface area (Å²) in [7, 11) is -1.86. The second-order valence-corrected chi connectivity index (χ2v) is 12.5. The number of hydrogen-bond donors (Lipinski definition) is 0. The lowest BCUT2D eigenvalue weighted by Crippen LogP contribution is -2.57. The van der Waals surface area contributed by atoms with Crippen molar-refractivity contribution in [3.63, 3.8) is 0 Å². The predicted molar refractivity (Wildman–Crippen MR) is 139 cm³/mol. The van der Waals surface area contributed by atoms with Crippen molar-refractivity contribution in [2.24, 2.45) is 0 Å². The van der Waals surface area contributed by atoms with Gasteiger partial charge in [0, 0.05) is 29.7 Å². The van der Waals surface area contributed by atoms with Crippen LogP contribution in [0.3, 0.4) is 0 Å². The van der Waals surface area contributed by atoms with Crippen molar-refractivity contribution in [3.05, 3.63) is 69.7 Å². The van der Waals surface area contributed by atoms with Gasteiger partial charge >= 0.3 is 0 Å². The zero-order valence-electron chi connectivity index (χ0n) is 20.2. The molecule has 36 heavy (non-hydrogen) atoms. The van der Waals surface area contributed by atoms with Crippen molar-refractivity contribution in [3.8, 4) is 6.07 Å². The van der Waals surface area contributed by atoms with Gasteiger partial charge < -0.3 is 9.64 Å². The standard InChI is InChI=1S/C26H29Cl2N3O4S/c1-3-21(16-30(2)36(33,34)22-11-12-22)31-24(17-7-9-19(27)10-8-17)25(18-5-4-6-20(28)15-18)35-23(13-14-29)26(31)32/h4-10,15,21-25H,3,11-13,16H2,1-2H3/t21-,23+,24-,25-/m1/s1. The number of likely N-dealkylation sites (N-methyl/N-ethyl adjacent to an activating group) is 1. The van der Waals surface area contributed by atoms with Gasteiger partial charge in [-0.2, -0.15) is 5.26 Å². The van der Waals surface area contributed by atoms with Gasteiger partial charge in [-0.05, 0) is 54.7 Å². The Balaban J connectivity index is 1.81. The Kier molecular flexibility index (Phi) is 8.28. The Bertz CT molecular complexity index is 1240. The Labute approximate surface area is 222 Å². The van der Waals surface area contributed by atoms with Gasteiger partial charge in [-0.1, -0.05) is 54.4 Å². The minimum Gasteiger partial charge on any atom is -0.357 e. The summed E-state index contributed by atoms with van der Waals surface area (Å²) in [6, 6.07) is 15.5. The number of morpholine rings is 1. The summed E-state index contributed by atoms with van der Waals surface area (Å²) in [4.78, 5) is 15.5. The van der Waals surface area contributed by atoms with Crippen LogP contribution < -0.4 is 0 Å². The van der Waals surface area contributed by atoms with Gasteiger partial charge in [-0.25, -0.2) is 12.7 Å². The van der Waals surface area contributed by atoms with E-state index in [1.807, 2.05) is 31.2 Å².